The molecular formula is C6H6ClF10NO2P2. The topological polar surface area (TPSA) is 30.8 Å². The van der Waals surface area contributed by atoms with Gasteiger partial charge in [-0.15, -0.1) is 0 Å². The van der Waals surface area contributed by atoms with E-state index < -0.39 is 53.7 Å². The lowest BCUT2D eigenvalue weighted by Crippen LogP contribution is -2.41. The van der Waals surface area contributed by atoms with Crippen LogP contribution in [0.4, 0.5) is 43.9 Å². The second-order valence-corrected chi connectivity index (χ2v) is 6.12. The van der Waals surface area contributed by atoms with E-state index in [0.717, 1.165) is 0 Å². The summed E-state index contributed by atoms with van der Waals surface area (Å²) in [6.07, 6.45) is -12.0. The largest absolute Gasteiger partial charge is 0.455 e. The Balaban J connectivity index is 4.76. The van der Waals surface area contributed by atoms with Crippen LogP contribution in [0.15, 0.2) is 4.52 Å². The number of halogens is 11. The van der Waals surface area contributed by atoms with Gasteiger partial charge in [0, 0.05) is 0 Å². The van der Waals surface area contributed by atoms with Gasteiger partial charge in [0.05, 0.1) is 8.08 Å². The standard InChI is InChI=1S/C6H6ClF10NO2P2/c7-21-18-22(19-1-3(8,9)5(12,13)14)20-2-4(10,11)6(15,16)17/h21-22H,1-2H2. The summed E-state index contributed by atoms with van der Waals surface area (Å²) < 4.78 is 132. The van der Waals surface area contributed by atoms with Crippen molar-refractivity contribution in [1.29, 1.82) is 0 Å². The molecule has 0 aliphatic rings. The molecule has 1 atom stereocenters. The highest BCUT2D eigenvalue weighted by Gasteiger charge is 2.59. The van der Waals surface area contributed by atoms with E-state index in [4.69, 9.17) is 11.2 Å². The molecule has 0 amide bonds. The van der Waals surface area contributed by atoms with Crippen molar-refractivity contribution in [1.82, 2.24) is 0 Å². The third kappa shape index (κ3) is 6.74. The Kier molecular flexibility index (Phi) is 7.89. The second-order valence-electron chi connectivity index (χ2n) is 3.44. The lowest BCUT2D eigenvalue weighted by Gasteiger charge is -2.22. The summed E-state index contributed by atoms with van der Waals surface area (Å²) in [5.74, 6) is -10.7. The van der Waals surface area contributed by atoms with Crippen molar-refractivity contribution in [3.8, 4) is 0 Å². The smallest absolute Gasteiger partial charge is 0.319 e. The Bertz CT molecular complexity index is 366. The summed E-state index contributed by atoms with van der Waals surface area (Å²) in [5, 5.41) is 0. The molecule has 0 fully saturated rings. The van der Waals surface area contributed by atoms with Crippen LogP contribution in [0.25, 0.3) is 0 Å². The van der Waals surface area contributed by atoms with Crippen LogP contribution >= 0.6 is 27.5 Å². The van der Waals surface area contributed by atoms with Crippen molar-refractivity contribution in [3.63, 3.8) is 0 Å². The molecule has 3 nitrogen and oxygen atoms in total. The molecule has 0 bridgehead atoms. The Morgan fingerprint density at radius 2 is 1.09 bits per heavy atom. The average molecular weight is 412 g/mol. The van der Waals surface area contributed by atoms with Gasteiger partial charge in [-0.25, -0.2) is 4.52 Å². The highest BCUT2D eigenvalue weighted by atomic mass is 35.7. The first-order valence-electron chi connectivity index (χ1n) is 4.72. The van der Waals surface area contributed by atoms with Crippen LogP contribution < -0.4 is 0 Å². The number of alkyl halides is 10. The van der Waals surface area contributed by atoms with E-state index in [1.807, 2.05) is 0 Å². The molecule has 0 aliphatic heterocycles. The first-order valence-corrected chi connectivity index (χ1v) is 7.94. The normalized spacial score (nSPS) is 15.1. The maximum atomic E-state index is 12.5. The zero-order chi connectivity index (χ0) is 17.8. The summed E-state index contributed by atoms with van der Waals surface area (Å²) in [6.45, 7) is -4.71. The minimum Gasteiger partial charge on any atom is -0.319 e. The van der Waals surface area contributed by atoms with Gasteiger partial charge in [0.15, 0.2) is 0 Å². The fourth-order valence-corrected chi connectivity index (χ4v) is 2.72. The Labute approximate surface area is 123 Å². The molecule has 16 heteroatoms. The monoisotopic (exact) mass is 411 g/mol. The lowest BCUT2D eigenvalue weighted by atomic mass is 10.3. The number of rotatable bonds is 7. The SMILES string of the molecule is FC(F)(F)C(F)(F)CO[PH](=NPCl)OCC(F)(F)C(F)(F)F. The summed E-state index contributed by atoms with van der Waals surface area (Å²) in [6, 6.07) is 0. The Hall–Kier alpha value is 0.170. The van der Waals surface area contributed by atoms with E-state index >= 15 is 0 Å². The summed E-state index contributed by atoms with van der Waals surface area (Å²) >= 11 is 4.98. The van der Waals surface area contributed by atoms with Crippen molar-refractivity contribution in [2.24, 2.45) is 4.52 Å². The molecule has 0 N–H and O–H groups in total. The van der Waals surface area contributed by atoms with Gasteiger partial charge in [0.1, 0.15) is 13.2 Å². The van der Waals surface area contributed by atoms with E-state index in [9.17, 15) is 43.9 Å². The molecule has 0 aromatic rings. The molecule has 0 rings (SSSR count). The van der Waals surface area contributed by atoms with Gasteiger partial charge in [-0.3, -0.25) is 0 Å². The van der Waals surface area contributed by atoms with E-state index in [2.05, 4.69) is 13.6 Å². The van der Waals surface area contributed by atoms with Crippen LogP contribution in [0.3, 0.4) is 0 Å². The van der Waals surface area contributed by atoms with E-state index in [0.29, 0.717) is 0 Å². The minimum absolute atomic E-state index is 1.06. The minimum atomic E-state index is -6.00. The molecule has 0 aromatic heterocycles. The Morgan fingerprint density at radius 3 is 1.32 bits per heavy atom. The van der Waals surface area contributed by atoms with Crippen molar-refractivity contribution >= 4 is 27.5 Å². The van der Waals surface area contributed by atoms with Gasteiger partial charge in [-0.2, -0.15) is 43.9 Å². The molecule has 0 saturated heterocycles. The average Bonchev–Trinajstić information content (AvgIpc) is 2.30. The predicted molar refractivity (Wildman–Crippen MR) is 58.8 cm³/mol. The van der Waals surface area contributed by atoms with Crippen molar-refractivity contribution in [2.45, 2.75) is 24.2 Å². The molecule has 0 radical (unpaired) electrons. The van der Waals surface area contributed by atoms with Crippen LogP contribution in [-0.2, 0) is 9.05 Å². The molecule has 0 saturated carbocycles. The zero-order valence-corrected chi connectivity index (χ0v) is 12.6. The first-order chi connectivity index (χ1) is 9.64. The second kappa shape index (κ2) is 7.83. The van der Waals surface area contributed by atoms with E-state index in [-0.39, 0.29) is 0 Å². The molecular weight excluding hydrogens is 405 g/mol. The quantitative estimate of drug-likeness (QED) is 0.415. The number of nitrogens with zero attached hydrogens (tertiary/aromatic N) is 1. The lowest BCUT2D eigenvalue weighted by molar-refractivity contribution is -0.293. The van der Waals surface area contributed by atoms with Crippen LogP contribution in [0.2, 0.25) is 0 Å². The van der Waals surface area contributed by atoms with Gasteiger partial charge in [-0.05, 0) is 0 Å². The van der Waals surface area contributed by atoms with Gasteiger partial charge >= 0.3 is 24.2 Å². The summed E-state index contributed by atoms with van der Waals surface area (Å²) in [7, 11) is -4.70. The molecule has 0 aromatic carbocycles. The van der Waals surface area contributed by atoms with Crippen LogP contribution in [0.1, 0.15) is 0 Å². The van der Waals surface area contributed by atoms with Gasteiger partial charge < -0.3 is 9.05 Å². The summed E-state index contributed by atoms with van der Waals surface area (Å²) in [5.41, 5.74) is 0. The Morgan fingerprint density at radius 1 is 0.773 bits per heavy atom. The molecule has 22 heavy (non-hydrogen) atoms. The van der Waals surface area contributed by atoms with Gasteiger partial charge in [0.2, 0.25) is 8.17 Å². The molecule has 134 valence electrons. The third-order valence-corrected chi connectivity index (χ3v) is 4.33. The first kappa shape index (κ1) is 22.2. The predicted octanol–water partition coefficient (Wildman–Crippen LogP) is 5.39. The van der Waals surface area contributed by atoms with Gasteiger partial charge in [-0.1, -0.05) is 11.2 Å². The van der Waals surface area contributed by atoms with Crippen molar-refractivity contribution in [2.75, 3.05) is 13.2 Å². The maximum Gasteiger partial charge on any atom is 0.455 e. The van der Waals surface area contributed by atoms with Crippen molar-refractivity contribution < 1.29 is 53.0 Å². The van der Waals surface area contributed by atoms with E-state index in [1.165, 1.54) is 0 Å². The molecule has 0 heterocycles. The maximum absolute atomic E-state index is 12.5. The van der Waals surface area contributed by atoms with Crippen LogP contribution in [0.5, 0.6) is 0 Å². The molecule has 1 unspecified atom stereocenters. The summed E-state index contributed by atoms with van der Waals surface area (Å²) in [4.78, 5) is 0. The number of hydrogen-bond acceptors (Lipinski definition) is 3. The fourth-order valence-electron chi connectivity index (χ4n) is 0.609. The highest BCUT2D eigenvalue weighted by Crippen LogP contribution is 2.44. The number of hydrogen-bond donors (Lipinski definition) is 0. The van der Waals surface area contributed by atoms with Crippen LogP contribution in [0, 0.1) is 0 Å². The zero-order valence-electron chi connectivity index (χ0n) is 9.84. The highest BCUT2D eigenvalue weighted by molar-refractivity contribution is 7.70. The van der Waals surface area contributed by atoms with E-state index in [1.54, 1.807) is 0 Å². The molecule has 0 aliphatic carbocycles. The van der Waals surface area contributed by atoms with Gasteiger partial charge in [0.25, 0.3) is 0 Å². The van der Waals surface area contributed by atoms with Crippen LogP contribution in [-0.4, -0.2) is 37.4 Å². The fraction of sp³-hybridized carbons (Fsp3) is 1.00. The third-order valence-electron chi connectivity index (χ3n) is 1.72. The van der Waals surface area contributed by atoms with Crippen molar-refractivity contribution in [3.05, 3.63) is 0 Å². The molecule has 0 spiro atoms.